The first-order valence-corrected chi connectivity index (χ1v) is 7.16. The summed E-state index contributed by atoms with van der Waals surface area (Å²) < 4.78 is 23.7. The van der Waals surface area contributed by atoms with Crippen LogP contribution < -0.4 is 20.3 Å². The fourth-order valence-corrected chi connectivity index (χ4v) is 1.82. The van der Waals surface area contributed by atoms with Crippen molar-refractivity contribution in [2.24, 2.45) is 0 Å². The molecular formula is C17H17FN2O4. The Morgan fingerprint density at radius 2 is 1.71 bits per heavy atom. The molecule has 6 nitrogen and oxygen atoms in total. The molecule has 0 radical (unpaired) electrons. The number of hydrazine groups is 1. The van der Waals surface area contributed by atoms with Crippen molar-refractivity contribution in [1.29, 1.82) is 0 Å². The molecular weight excluding hydrogens is 315 g/mol. The quantitative estimate of drug-likeness (QED) is 0.822. The molecule has 2 aromatic carbocycles. The molecule has 1 atom stereocenters. The Morgan fingerprint density at radius 3 is 2.33 bits per heavy atom. The molecule has 0 aromatic heterocycles. The van der Waals surface area contributed by atoms with E-state index in [1.165, 1.54) is 32.2 Å². The molecule has 24 heavy (non-hydrogen) atoms. The van der Waals surface area contributed by atoms with E-state index in [0.29, 0.717) is 11.3 Å². The van der Waals surface area contributed by atoms with Crippen LogP contribution in [-0.4, -0.2) is 25.0 Å². The van der Waals surface area contributed by atoms with E-state index >= 15 is 0 Å². The Labute approximate surface area is 138 Å². The number of benzene rings is 2. The van der Waals surface area contributed by atoms with Gasteiger partial charge in [0, 0.05) is 5.56 Å². The minimum atomic E-state index is -0.988. The molecule has 2 rings (SSSR count). The highest BCUT2D eigenvalue weighted by atomic mass is 19.1. The molecule has 126 valence electrons. The lowest BCUT2D eigenvalue weighted by atomic mass is 10.2. The van der Waals surface area contributed by atoms with Crippen LogP contribution in [0.1, 0.15) is 17.3 Å². The van der Waals surface area contributed by atoms with Gasteiger partial charge in [0.1, 0.15) is 5.75 Å². The lowest BCUT2D eigenvalue weighted by Gasteiger charge is -2.15. The van der Waals surface area contributed by atoms with Gasteiger partial charge in [-0.3, -0.25) is 20.4 Å². The van der Waals surface area contributed by atoms with Gasteiger partial charge < -0.3 is 9.47 Å². The summed E-state index contributed by atoms with van der Waals surface area (Å²) in [5, 5.41) is 0. The summed E-state index contributed by atoms with van der Waals surface area (Å²) in [4.78, 5) is 23.8. The van der Waals surface area contributed by atoms with E-state index in [9.17, 15) is 14.0 Å². The predicted molar refractivity (Wildman–Crippen MR) is 85.1 cm³/mol. The standard InChI is InChI=1S/C17H17FN2O4/c1-11(24-15-6-4-3-5-14(15)18)16(21)19-20-17(22)12-7-9-13(23-2)10-8-12/h3-11H,1-2H3,(H,19,21)(H,20,22)/t11-/m0/s1. The molecule has 0 aliphatic rings. The maximum Gasteiger partial charge on any atom is 0.279 e. The third-order valence-electron chi connectivity index (χ3n) is 3.16. The van der Waals surface area contributed by atoms with Crippen LogP contribution in [-0.2, 0) is 4.79 Å². The SMILES string of the molecule is COc1ccc(C(=O)NNC(=O)[C@H](C)Oc2ccccc2F)cc1. The summed E-state index contributed by atoms with van der Waals surface area (Å²) in [6.45, 7) is 1.45. The number of amides is 2. The van der Waals surface area contributed by atoms with Gasteiger partial charge in [-0.1, -0.05) is 12.1 Å². The molecule has 0 aliphatic heterocycles. The number of carbonyl (C=O) groups excluding carboxylic acids is 2. The third kappa shape index (κ3) is 4.45. The van der Waals surface area contributed by atoms with Gasteiger partial charge in [0.2, 0.25) is 0 Å². The molecule has 0 aliphatic carbocycles. The number of para-hydroxylation sites is 1. The minimum absolute atomic E-state index is 0.0402. The molecule has 0 saturated carbocycles. The zero-order chi connectivity index (χ0) is 17.5. The van der Waals surface area contributed by atoms with Crippen molar-refractivity contribution < 1.29 is 23.5 Å². The number of carbonyl (C=O) groups is 2. The van der Waals surface area contributed by atoms with E-state index in [-0.39, 0.29) is 5.75 Å². The van der Waals surface area contributed by atoms with E-state index in [1.807, 2.05) is 0 Å². The lowest BCUT2D eigenvalue weighted by Crippen LogP contribution is -2.47. The molecule has 2 amide bonds. The van der Waals surface area contributed by atoms with Gasteiger partial charge in [-0.2, -0.15) is 0 Å². The summed E-state index contributed by atoms with van der Waals surface area (Å²) in [7, 11) is 1.52. The number of hydrogen-bond donors (Lipinski definition) is 2. The highest BCUT2D eigenvalue weighted by molar-refractivity contribution is 5.95. The molecule has 2 N–H and O–H groups in total. The first-order chi connectivity index (χ1) is 11.5. The van der Waals surface area contributed by atoms with Crippen LogP contribution in [0.4, 0.5) is 4.39 Å². The first kappa shape index (κ1) is 17.3. The van der Waals surface area contributed by atoms with Crippen LogP contribution in [0.15, 0.2) is 48.5 Å². The van der Waals surface area contributed by atoms with Gasteiger partial charge in [-0.05, 0) is 43.3 Å². The predicted octanol–water partition coefficient (Wildman–Crippen LogP) is 2.06. The fraction of sp³-hybridized carbons (Fsp3) is 0.176. The molecule has 0 fully saturated rings. The average Bonchev–Trinajstić information content (AvgIpc) is 2.61. The van der Waals surface area contributed by atoms with Crippen LogP contribution in [0.3, 0.4) is 0 Å². The first-order valence-electron chi connectivity index (χ1n) is 7.16. The van der Waals surface area contributed by atoms with E-state index in [4.69, 9.17) is 9.47 Å². The molecule has 0 saturated heterocycles. The van der Waals surface area contributed by atoms with E-state index in [2.05, 4.69) is 10.9 Å². The fourth-order valence-electron chi connectivity index (χ4n) is 1.82. The summed E-state index contributed by atoms with van der Waals surface area (Å²) in [6, 6.07) is 12.1. The summed E-state index contributed by atoms with van der Waals surface area (Å²) in [6.07, 6.45) is -0.988. The smallest absolute Gasteiger partial charge is 0.279 e. The van der Waals surface area contributed by atoms with Crippen molar-refractivity contribution >= 4 is 11.8 Å². The number of nitrogens with one attached hydrogen (secondary N) is 2. The largest absolute Gasteiger partial charge is 0.497 e. The number of ether oxygens (including phenoxy) is 2. The highest BCUT2D eigenvalue weighted by Gasteiger charge is 2.17. The van der Waals surface area contributed by atoms with E-state index < -0.39 is 23.7 Å². The molecule has 0 bridgehead atoms. The molecule has 0 unspecified atom stereocenters. The third-order valence-corrected chi connectivity index (χ3v) is 3.16. The Balaban J connectivity index is 1.87. The van der Waals surface area contributed by atoms with Gasteiger partial charge in [-0.15, -0.1) is 0 Å². The second-order valence-corrected chi connectivity index (χ2v) is 4.86. The Bertz CT molecular complexity index is 719. The van der Waals surface area contributed by atoms with Crippen molar-refractivity contribution in [3.63, 3.8) is 0 Å². The summed E-state index contributed by atoms with van der Waals surface area (Å²) >= 11 is 0. The zero-order valence-corrected chi connectivity index (χ0v) is 13.2. The van der Waals surface area contributed by atoms with Crippen LogP contribution >= 0.6 is 0 Å². The lowest BCUT2D eigenvalue weighted by molar-refractivity contribution is -0.128. The van der Waals surface area contributed by atoms with Crippen molar-refractivity contribution in [3.05, 3.63) is 59.9 Å². The number of halogens is 1. The monoisotopic (exact) mass is 332 g/mol. The Hall–Kier alpha value is -3.09. The van der Waals surface area contributed by atoms with Crippen molar-refractivity contribution in [2.75, 3.05) is 7.11 Å². The summed E-state index contributed by atoms with van der Waals surface area (Å²) in [5.41, 5.74) is 4.84. The minimum Gasteiger partial charge on any atom is -0.497 e. The maximum absolute atomic E-state index is 13.5. The highest BCUT2D eigenvalue weighted by Crippen LogP contribution is 2.17. The van der Waals surface area contributed by atoms with Gasteiger partial charge in [0.25, 0.3) is 11.8 Å². The zero-order valence-electron chi connectivity index (χ0n) is 13.2. The van der Waals surface area contributed by atoms with Gasteiger partial charge in [-0.25, -0.2) is 4.39 Å². The second kappa shape index (κ2) is 7.96. The average molecular weight is 332 g/mol. The van der Waals surface area contributed by atoms with Crippen LogP contribution in [0.25, 0.3) is 0 Å². The molecule has 7 heteroatoms. The number of rotatable bonds is 5. The topological polar surface area (TPSA) is 76.7 Å². The maximum atomic E-state index is 13.5. The molecule has 0 spiro atoms. The van der Waals surface area contributed by atoms with Crippen molar-refractivity contribution in [3.8, 4) is 11.5 Å². The van der Waals surface area contributed by atoms with Gasteiger partial charge >= 0.3 is 0 Å². The molecule has 2 aromatic rings. The Kier molecular flexibility index (Phi) is 5.73. The van der Waals surface area contributed by atoms with E-state index in [0.717, 1.165) is 0 Å². The van der Waals surface area contributed by atoms with Crippen LogP contribution in [0.5, 0.6) is 11.5 Å². The van der Waals surface area contributed by atoms with E-state index in [1.54, 1.807) is 30.3 Å². The van der Waals surface area contributed by atoms with Crippen LogP contribution in [0, 0.1) is 5.82 Å². The van der Waals surface area contributed by atoms with Crippen molar-refractivity contribution in [1.82, 2.24) is 10.9 Å². The second-order valence-electron chi connectivity index (χ2n) is 4.86. The normalized spacial score (nSPS) is 11.3. The molecule has 0 heterocycles. The van der Waals surface area contributed by atoms with Gasteiger partial charge in [0.05, 0.1) is 7.11 Å². The summed E-state index contributed by atoms with van der Waals surface area (Å²) in [5.74, 6) is -1.10. The Morgan fingerprint density at radius 1 is 1.04 bits per heavy atom. The number of hydrogen-bond acceptors (Lipinski definition) is 4. The van der Waals surface area contributed by atoms with Gasteiger partial charge in [0.15, 0.2) is 17.7 Å². The van der Waals surface area contributed by atoms with Crippen molar-refractivity contribution in [2.45, 2.75) is 13.0 Å². The number of methoxy groups -OCH3 is 1. The van der Waals surface area contributed by atoms with Crippen LogP contribution in [0.2, 0.25) is 0 Å².